The zero-order chi connectivity index (χ0) is 15.4. The molecule has 0 unspecified atom stereocenters. The van der Waals surface area contributed by atoms with Crippen LogP contribution in [0.4, 0.5) is 4.39 Å². The van der Waals surface area contributed by atoms with Crippen LogP contribution in [0.3, 0.4) is 0 Å². The van der Waals surface area contributed by atoms with E-state index in [2.05, 4.69) is 18.0 Å². The third kappa shape index (κ3) is 1.58. The molecule has 0 bridgehead atoms. The van der Waals surface area contributed by atoms with Gasteiger partial charge in [-0.1, -0.05) is 0 Å². The normalized spacial score (nSPS) is 11.6. The highest BCUT2D eigenvalue weighted by atomic mass is 19.1. The molecule has 0 saturated carbocycles. The van der Waals surface area contributed by atoms with Crippen LogP contribution in [0.2, 0.25) is 0 Å². The Balaban J connectivity index is 2.31. The SMILES string of the molecule is COc1cc(F)c2c(c1)c1cc3cnccc3c(C)c1n2C. The minimum atomic E-state index is -0.269. The van der Waals surface area contributed by atoms with Gasteiger partial charge in [-0.25, -0.2) is 4.39 Å². The molecule has 0 fully saturated rings. The summed E-state index contributed by atoms with van der Waals surface area (Å²) in [5, 5.41) is 4.08. The maximum absolute atomic E-state index is 14.5. The number of methoxy groups -OCH3 is 1. The summed E-state index contributed by atoms with van der Waals surface area (Å²) in [5.74, 6) is 0.260. The Hall–Kier alpha value is -2.62. The maximum Gasteiger partial charge on any atom is 0.151 e. The number of pyridine rings is 1. The quantitative estimate of drug-likeness (QED) is 0.522. The molecule has 0 aliphatic rings. The standard InChI is InChI=1S/C18H15FN2O/c1-10-13-4-5-20-9-11(13)6-14-15-7-12(22-3)8-16(19)18(15)21(2)17(10)14/h4-9H,1-3H3. The van der Waals surface area contributed by atoms with Gasteiger partial charge < -0.3 is 9.30 Å². The summed E-state index contributed by atoms with van der Waals surface area (Å²) in [4.78, 5) is 4.19. The first-order valence-corrected chi connectivity index (χ1v) is 7.10. The lowest BCUT2D eigenvalue weighted by molar-refractivity contribution is 0.412. The van der Waals surface area contributed by atoms with E-state index in [1.807, 2.05) is 29.9 Å². The van der Waals surface area contributed by atoms with E-state index < -0.39 is 0 Å². The van der Waals surface area contributed by atoms with Crippen LogP contribution in [-0.2, 0) is 7.05 Å². The zero-order valence-corrected chi connectivity index (χ0v) is 12.6. The van der Waals surface area contributed by atoms with Crippen LogP contribution in [-0.4, -0.2) is 16.7 Å². The second kappa shape index (κ2) is 4.44. The molecule has 0 radical (unpaired) electrons. The number of nitrogens with zero attached hydrogens (tertiary/aromatic N) is 2. The van der Waals surface area contributed by atoms with Crippen LogP contribution >= 0.6 is 0 Å². The third-order valence-corrected chi connectivity index (χ3v) is 4.40. The molecule has 4 heteroatoms. The van der Waals surface area contributed by atoms with E-state index in [1.165, 1.54) is 6.07 Å². The fourth-order valence-electron chi connectivity index (χ4n) is 3.40. The lowest BCUT2D eigenvalue weighted by Crippen LogP contribution is -1.93. The summed E-state index contributed by atoms with van der Waals surface area (Å²) in [6.07, 6.45) is 3.63. The fourth-order valence-corrected chi connectivity index (χ4v) is 3.40. The number of hydrogen-bond acceptors (Lipinski definition) is 2. The molecule has 0 spiro atoms. The number of aromatic nitrogens is 2. The minimum Gasteiger partial charge on any atom is -0.497 e. The second-order valence-corrected chi connectivity index (χ2v) is 5.56. The van der Waals surface area contributed by atoms with Gasteiger partial charge in [-0.15, -0.1) is 0 Å². The monoisotopic (exact) mass is 294 g/mol. The van der Waals surface area contributed by atoms with Gasteiger partial charge in [-0.3, -0.25) is 4.98 Å². The highest BCUT2D eigenvalue weighted by molar-refractivity contribution is 6.14. The van der Waals surface area contributed by atoms with E-state index >= 15 is 0 Å². The van der Waals surface area contributed by atoms with E-state index in [1.54, 1.807) is 13.3 Å². The van der Waals surface area contributed by atoms with Crippen LogP contribution in [0.1, 0.15) is 5.56 Å². The summed E-state index contributed by atoms with van der Waals surface area (Å²) in [6.45, 7) is 2.07. The molecule has 4 aromatic rings. The molecule has 0 aliphatic carbocycles. The summed E-state index contributed by atoms with van der Waals surface area (Å²) in [7, 11) is 3.45. The van der Waals surface area contributed by atoms with Crippen molar-refractivity contribution in [3.8, 4) is 5.75 Å². The number of halogens is 1. The van der Waals surface area contributed by atoms with Gasteiger partial charge in [0.05, 0.1) is 18.1 Å². The van der Waals surface area contributed by atoms with Gasteiger partial charge in [0.1, 0.15) is 5.75 Å². The molecule has 4 rings (SSSR count). The van der Waals surface area contributed by atoms with Crippen molar-refractivity contribution in [3.63, 3.8) is 0 Å². The smallest absolute Gasteiger partial charge is 0.151 e. The first kappa shape index (κ1) is 13.1. The van der Waals surface area contributed by atoms with Gasteiger partial charge in [-0.2, -0.15) is 0 Å². The molecule has 0 amide bonds. The molecule has 0 N–H and O–H groups in total. The third-order valence-electron chi connectivity index (χ3n) is 4.40. The van der Waals surface area contributed by atoms with Crippen molar-refractivity contribution in [1.29, 1.82) is 0 Å². The Morgan fingerprint density at radius 2 is 1.86 bits per heavy atom. The average Bonchev–Trinajstić information content (AvgIpc) is 2.81. The summed E-state index contributed by atoms with van der Waals surface area (Å²) in [6, 6.07) is 7.39. The number of hydrogen-bond donors (Lipinski definition) is 0. The van der Waals surface area contributed by atoms with Gasteiger partial charge in [0.15, 0.2) is 5.82 Å². The van der Waals surface area contributed by atoms with E-state index in [4.69, 9.17) is 4.74 Å². The molecule has 3 nitrogen and oxygen atoms in total. The van der Waals surface area contributed by atoms with E-state index in [0.29, 0.717) is 11.3 Å². The number of benzene rings is 2. The Labute approximate surface area is 126 Å². The Morgan fingerprint density at radius 3 is 2.64 bits per heavy atom. The predicted octanol–water partition coefficient (Wildman–Crippen LogP) is 4.34. The number of fused-ring (bicyclic) bond motifs is 4. The molecular formula is C18H15FN2O. The molecule has 2 aromatic heterocycles. The van der Waals surface area contributed by atoms with Gasteiger partial charge in [0.2, 0.25) is 0 Å². The first-order valence-electron chi connectivity index (χ1n) is 7.10. The van der Waals surface area contributed by atoms with Crippen LogP contribution in [0.15, 0.2) is 36.7 Å². The van der Waals surface area contributed by atoms with Gasteiger partial charge in [-0.05, 0) is 36.1 Å². The van der Waals surface area contributed by atoms with Crippen molar-refractivity contribution in [2.24, 2.45) is 7.05 Å². The van der Waals surface area contributed by atoms with Gasteiger partial charge in [0, 0.05) is 41.7 Å². The molecule has 2 heterocycles. The minimum absolute atomic E-state index is 0.269. The number of ether oxygens (including phenoxy) is 1. The number of aryl methyl sites for hydroxylation is 2. The van der Waals surface area contributed by atoms with Crippen LogP contribution in [0, 0.1) is 12.7 Å². The van der Waals surface area contributed by atoms with Crippen LogP contribution in [0.25, 0.3) is 32.6 Å². The average molecular weight is 294 g/mol. The van der Waals surface area contributed by atoms with Gasteiger partial charge >= 0.3 is 0 Å². The van der Waals surface area contributed by atoms with E-state index in [0.717, 1.165) is 32.6 Å². The van der Waals surface area contributed by atoms with Crippen LogP contribution in [0.5, 0.6) is 5.75 Å². The maximum atomic E-state index is 14.5. The Bertz CT molecular complexity index is 1050. The van der Waals surface area contributed by atoms with Crippen LogP contribution < -0.4 is 4.74 Å². The van der Waals surface area contributed by atoms with E-state index in [-0.39, 0.29) is 5.82 Å². The molecule has 0 atom stereocenters. The summed E-state index contributed by atoms with van der Waals surface area (Å²) < 4.78 is 21.6. The van der Waals surface area contributed by atoms with Crippen molar-refractivity contribution in [2.45, 2.75) is 6.92 Å². The zero-order valence-electron chi connectivity index (χ0n) is 12.6. The topological polar surface area (TPSA) is 27.1 Å². The van der Waals surface area contributed by atoms with Crippen molar-refractivity contribution in [2.75, 3.05) is 7.11 Å². The predicted molar refractivity (Wildman–Crippen MR) is 87.0 cm³/mol. The van der Waals surface area contributed by atoms with Crippen molar-refractivity contribution in [3.05, 3.63) is 48.0 Å². The summed E-state index contributed by atoms with van der Waals surface area (Å²) in [5.41, 5.74) is 2.77. The van der Waals surface area contributed by atoms with Crippen molar-refractivity contribution < 1.29 is 9.13 Å². The van der Waals surface area contributed by atoms with Crippen molar-refractivity contribution in [1.82, 2.24) is 9.55 Å². The first-order chi connectivity index (χ1) is 10.6. The van der Waals surface area contributed by atoms with Crippen molar-refractivity contribution >= 4 is 32.6 Å². The lowest BCUT2D eigenvalue weighted by Gasteiger charge is -2.06. The molecule has 0 aliphatic heterocycles. The lowest BCUT2D eigenvalue weighted by atomic mass is 10.0. The Morgan fingerprint density at radius 1 is 1.09 bits per heavy atom. The molecule has 110 valence electrons. The highest BCUT2D eigenvalue weighted by Gasteiger charge is 2.17. The molecule has 22 heavy (non-hydrogen) atoms. The largest absolute Gasteiger partial charge is 0.497 e. The van der Waals surface area contributed by atoms with Gasteiger partial charge in [0.25, 0.3) is 0 Å². The molecular weight excluding hydrogens is 279 g/mol. The fraction of sp³-hybridized carbons (Fsp3) is 0.167. The molecule has 2 aromatic carbocycles. The number of rotatable bonds is 1. The summed E-state index contributed by atoms with van der Waals surface area (Å²) >= 11 is 0. The highest BCUT2D eigenvalue weighted by Crippen LogP contribution is 2.37. The van der Waals surface area contributed by atoms with E-state index in [9.17, 15) is 4.39 Å². The Kier molecular flexibility index (Phi) is 2.64. The molecule has 0 saturated heterocycles. The second-order valence-electron chi connectivity index (χ2n) is 5.56.